The van der Waals surface area contributed by atoms with Crippen LogP contribution in [0.15, 0.2) is 18.2 Å². The summed E-state index contributed by atoms with van der Waals surface area (Å²) in [5.41, 5.74) is 0.587. The summed E-state index contributed by atoms with van der Waals surface area (Å²) in [6.45, 7) is 1.55. The molecule has 1 rings (SSSR count). The van der Waals surface area contributed by atoms with Crippen LogP contribution in [0.25, 0.3) is 6.08 Å². The lowest BCUT2D eigenvalue weighted by Gasteiger charge is -2.15. The van der Waals surface area contributed by atoms with Crippen molar-refractivity contribution in [1.29, 1.82) is 0 Å². The Morgan fingerprint density at radius 3 is 2.18 bits per heavy atom. The highest BCUT2D eigenvalue weighted by Gasteiger charge is 2.13. The lowest BCUT2D eigenvalue weighted by atomic mass is 10.1. The molecule has 22 heavy (non-hydrogen) atoms. The molecule has 1 aromatic rings. The molecule has 7 heteroatoms. The van der Waals surface area contributed by atoms with Crippen molar-refractivity contribution in [1.82, 2.24) is 0 Å². The Hall–Kier alpha value is -2.70. The normalized spacial score (nSPS) is 10.3. The van der Waals surface area contributed by atoms with E-state index in [0.717, 1.165) is 6.08 Å². The van der Waals surface area contributed by atoms with Gasteiger partial charge in [-0.05, 0) is 23.8 Å². The molecule has 0 aliphatic rings. The van der Waals surface area contributed by atoms with Gasteiger partial charge in [-0.25, -0.2) is 4.79 Å². The van der Waals surface area contributed by atoms with Crippen LogP contribution in [0.2, 0.25) is 0 Å². The lowest BCUT2D eigenvalue weighted by molar-refractivity contribution is -0.141. The minimum absolute atomic E-state index is 0.0995. The fraction of sp³-hybridized carbons (Fsp3) is 0.333. The minimum atomic E-state index is -1.06. The molecule has 0 unspecified atom stereocenters. The van der Waals surface area contributed by atoms with Crippen LogP contribution in [0.1, 0.15) is 12.5 Å². The average molecular weight is 310 g/mol. The third kappa shape index (κ3) is 5.35. The number of benzene rings is 1. The number of aliphatic carboxylic acids is 1. The number of carboxylic acids is 1. The number of carbonyl (C=O) groups is 2. The largest absolute Gasteiger partial charge is 0.493 e. The molecule has 0 heterocycles. The van der Waals surface area contributed by atoms with Gasteiger partial charge < -0.3 is 24.1 Å². The summed E-state index contributed by atoms with van der Waals surface area (Å²) in [5.74, 6) is -0.333. The first-order chi connectivity index (χ1) is 10.5. The molecule has 0 aliphatic carbocycles. The molecule has 0 aliphatic heterocycles. The molecular weight excluding hydrogens is 292 g/mol. The van der Waals surface area contributed by atoms with Gasteiger partial charge in [0.2, 0.25) is 5.75 Å². The van der Waals surface area contributed by atoms with Crippen LogP contribution in [0.3, 0.4) is 0 Å². The molecule has 0 spiro atoms. The fourth-order valence-electron chi connectivity index (χ4n) is 1.64. The molecule has 1 aromatic carbocycles. The maximum absolute atomic E-state index is 10.7. The monoisotopic (exact) mass is 310 g/mol. The fourth-order valence-corrected chi connectivity index (χ4v) is 1.64. The summed E-state index contributed by atoms with van der Waals surface area (Å²) in [4.78, 5) is 21.3. The zero-order valence-corrected chi connectivity index (χ0v) is 12.6. The Bertz CT molecular complexity index is 538. The number of hydrogen-bond donors (Lipinski definition) is 1. The molecule has 0 saturated carbocycles. The van der Waals surface area contributed by atoms with E-state index in [9.17, 15) is 9.59 Å². The average Bonchev–Trinajstić information content (AvgIpc) is 2.49. The molecule has 1 N–H and O–H groups in total. The maximum Gasteiger partial charge on any atom is 0.328 e. The molecule has 0 amide bonds. The van der Waals surface area contributed by atoms with Gasteiger partial charge >= 0.3 is 11.9 Å². The Morgan fingerprint density at radius 1 is 1.14 bits per heavy atom. The highest BCUT2D eigenvalue weighted by atomic mass is 16.6. The predicted octanol–water partition coefficient (Wildman–Crippen LogP) is 1.74. The Labute approximate surface area is 128 Å². The van der Waals surface area contributed by atoms with Crippen molar-refractivity contribution < 1.29 is 33.6 Å². The topological polar surface area (TPSA) is 91.3 Å². The molecule has 120 valence electrons. The van der Waals surface area contributed by atoms with Crippen molar-refractivity contribution in [2.45, 2.75) is 6.92 Å². The summed E-state index contributed by atoms with van der Waals surface area (Å²) in [6, 6.07) is 3.23. The zero-order chi connectivity index (χ0) is 16.5. The maximum atomic E-state index is 10.7. The summed E-state index contributed by atoms with van der Waals surface area (Å²) in [6.07, 6.45) is 2.42. The minimum Gasteiger partial charge on any atom is -0.493 e. The van der Waals surface area contributed by atoms with Crippen LogP contribution in [-0.2, 0) is 14.3 Å². The zero-order valence-electron chi connectivity index (χ0n) is 12.6. The number of methoxy groups -OCH3 is 2. The number of hydrogen-bond acceptors (Lipinski definition) is 6. The number of ether oxygens (including phenoxy) is 4. The van der Waals surface area contributed by atoms with Gasteiger partial charge in [0.05, 0.1) is 14.2 Å². The van der Waals surface area contributed by atoms with Crippen LogP contribution in [-0.4, -0.2) is 44.5 Å². The van der Waals surface area contributed by atoms with Crippen LogP contribution in [0.4, 0.5) is 0 Å². The summed E-state index contributed by atoms with van der Waals surface area (Å²) < 4.78 is 20.7. The van der Waals surface area contributed by atoms with Gasteiger partial charge in [0.1, 0.15) is 13.2 Å². The van der Waals surface area contributed by atoms with E-state index in [1.54, 1.807) is 12.1 Å². The van der Waals surface area contributed by atoms with E-state index in [2.05, 4.69) is 0 Å². The molecule has 0 fully saturated rings. The molecule has 0 saturated heterocycles. The molecular formula is C15H18O7. The first kappa shape index (κ1) is 17.4. The third-order valence-electron chi connectivity index (χ3n) is 2.54. The van der Waals surface area contributed by atoms with E-state index >= 15 is 0 Å². The first-order valence-electron chi connectivity index (χ1n) is 6.41. The van der Waals surface area contributed by atoms with Crippen molar-refractivity contribution in [2.75, 3.05) is 27.4 Å². The van der Waals surface area contributed by atoms with E-state index in [0.29, 0.717) is 22.8 Å². The first-order valence-corrected chi connectivity index (χ1v) is 6.41. The van der Waals surface area contributed by atoms with Gasteiger partial charge in [0, 0.05) is 13.0 Å². The molecule has 0 radical (unpaired) electrons. The second-order valence-electron chi connectivity index (χ2n) is 4.11. The SMILES string of the molecule is COc1cc(C=CC(=O)O)cc(OC)c1OCCOC(C)=O. The molecule has 7 nitrogen and oxygen atoms in total. The van der Waals surface area contributed by atoms with Crippen molar-refractivity contribution in [2.24, 2.45) is 0 Å². The van der Waals surface area contributed by atoms with Gasteiger partial charge in [-0.3, -0.25) is 4.79 Å². The quantitative estimate of drug-likeness (QED) is 0.444. The van der Waals surface area contributed by atoms with E-state index in [1.165, 1.54) is 27.2 Å². The summed E-state index contributed by atoms with van der Waals surface area (Å²) in [5, 5.41) is 8.66. The number of carbonyl (C=O) groups excluding carboxylic acids is 1. The lowest BCUT2D eigenvalue weighted by Crippen LogP contribution is -2.10. The van der Waals surface area contributed by atoms with Crippen LogP contribution in [0.5, 0.6) is 17.2 Å². The Kier molecular flexibility index (Phi) is 6.75. The van der Waals surface area contributed by atoms with Crippen molar-refractivity contribution in [3.8, 4) is 17.2 Å². The summed E-state index contributed by atoms with van der Waals surface area (Å²) >= 11 is 0. The number of carboxylic acid groups (broad SMARTS) is 1. The van der Waals surface area contributed by atoms with E-state index in [4.69, 9.17) is 24.1 Å². The standard InChI is InChI=1S/C15H18O7/c1-10(16)21-6-7-22-15-12(19-2)8-11(4-5-14(17)18)9-13(15)20-3/h4-5,8-9H,6-7H2,1-3H3,(H,17,18). The van der Waals surface area contributed by atoms with Gasteiger partial charge in [-0.2, -0.15) is 0 Å². The number of esters is 1. The Morgan fingerprint density at radius 2 is 1.73 bits per heavy atom. The van der Waals surface area contributed by atoms with Crippen LogP contribution < -0.4 is 14.2 Å². The molecule has 0 aromatic heterocycles. The van der Waals surface area contributed by atoms with E-state index in [-0.39, 0.29) is 13.2 Å². The highest BCUT2D eigenvalue weighted by molar-refractivity contribution is 5.85. The van der Waals surface area contributed by atoms with Crippen molar-refractivity contribution in [3.05, 3.63) is 23.8 Å². The number of rotatable bonds is 8. The van der Waals surface area contributed by atoms with Gasteiger partial charge in [-0.15, -0.1) is 0 Å². The van der Waals surface area contributed by atoms with Crippen LogP contribution in [0, 0.1) is 0 Å². The smallest absolute Gasteiger partial charge is 0.328 e. The Balaban J connectivity index is 2.95. The third-order valence-corrected chi connectivity index (χ3v) is 2.54. The van der Waals surface area contributed by atoms with E-state index in [1.807, 2.05) is 0 Å². The van der Waals surface area contributed by atoms with Crippen molar-refractivity contribution >= 4 is 18.0 Å². The second-order valence-corrected chi connectivity index (χ2v) is 4.11. The van der Waals surface area contributed by atoms with Crippen LogP contribution >= 0.6 is 0 Å². The van der Waals surface area contributed by atoms with Gasteiger partial charge in [0.15, 0.2) is 11.5 Å². The van der Waals surface area contributed by atoms with Crippen molar-refractivity contribution in [3.63, 3.8) is 0 Å². The summed E-state index contributed by atoms with van der Waals surface area (Å²) in [7, 11) is 2.91. The molecule has 0 bridgehead atoms. The van der Waals surface area contributed by atoms with Gasteiger partial charge in [-0.1, -0.05) is 0 Å². The highest BCUT2D eigenvalue weighted by Crippen LogP contribution is 2.38. The molecule has 0 atom stereocenters. The second kappa shape index (κ2) is 8.56. The van der Waals surface area contributed by atoms with E-state index < -0.39 is 11.9 Å². The predicted molar refractivity (Wildman–Crippen MR) is 78.3 cm³/mol. The van der Waals surface area contributed by atoms with Gasteiger partial charge in [0.25, 0.3) is 0 Å².